The van der Waals surface area contributed by atoms with Crippen LogP contribution in [0.25, 0.3) is 5.69 Å². The molecule has 0 saturated carbocycles. The minimum atomic E-state index is 0.348. The molecule has 3 aromatic rings. The third kappa shape index (κ3) is 4.37. The fourth-order valence-electron chi connectivity index (χ4n) is 3.72. The van der Waals surface area contributed by atoms with Crippen molar-refractivity contribution in [3.8, 4) is 17.4 Å². The van der Waals surface area contributed by atoms with Gasteiger partial charge in [0, 0.05) is 19.1 Å². The third-order valence-corrected chi connectivity index (χ3v) is 5.16. The molecule has 1 aromatic heterocycles. The highest BCUT2D eigenvalue weighted by atomic mass is 16.5. The first-order chi connectivity index (χ1) is 13.8. The zero-order valence-electron chi connectivity index (χ0n) is 16.2. The molecule has 0 spiro atoms. The van der Waals surface area contributed by atoms with E-state index in [1.807, 2.05) is 48.5 Å². The number of likely N-dealkylation sites (N-methyl/N-ethyl adjacent to an activating group) is 1. The number of nitrogens with one attached hydrogen (secondary N) is 1. The van der Waals surface area contributed by atoms with Crippen LogP contribution >= 0.6 is 0 Å². The number of benzene rings is 2. The van der Waals surface area contributed by atoms with Gasteiger partial charge in [0.05, 0.1) is 5.69 Å². The van der Waals surface area contributed by atoms with Crippen LogP contribution in [0.5, 0.6) is 11.8 Å². The minimum absolute atomic E-state index is 0.348. The molecular weight excluding hydrogens is 352 g/mol. The Labute approximate surface area is 165 Å². The Morgan fingerprint density at radius 1 is 1.14 bits per heavy atom. The summed E-state index contributed by atoms with van der Waals surface area (Å²) in [5.74, 6) is 0.724. The van der Waals surface area contributed by atoms with E-state index in [-0.39, 0.29) is 0 Å². The van der Waals surface area contributed by atoms with Gasteiger partial charge in [-0.2, -0.15) is 4.68 Å². The van der Waals surface area contributed by atoms with Crippen LogP contribution in [-0.4, -0.2) is 50.8 Å². The van der Waals surface area contributed by atoms with Crippen LogP contribution in [0.15, 0.2) is 54.6 Å². The zero-order valence-corrected chi connectivity index (χ0v) is 16.2. The fraction of sp³-hybridized carbons (Fsp3) is 0.381. The van der Waals surface area contributed by atoms with Gasteiger partial charge < -0.3 is 10.1 Å². The number of tetrazole rings is 1. The topological polar surface area (TPSA) is 68.1 Å². The summed E-state index contributed by atoms with van der Waals surface area (Å²) >= 11 is 0. The van der Waals surface area contributed by atoms with Crippen LogP contribution in [0.4, 0.5) is 0 Å². The first-order valence-electron chi connectivity index (χ1n) is 9.89. The summed E-state index contributed by atoms with van der Waals surface area (Å²) in [6.07, 6.45) is 2.59. The maximum atomic E-state index is 5.95. The molecule has 0 bridgehead atoms. The highest BCUT2D eigenvalue weighted by Gasteiger charge is 2.22. The van der Waals surface area contributed by atoms with Crippen molar-refractivity contribution in [2.45, 2.75) is 32.4 Å². The van der Waals surface area contributed by atoms with Crippen molar-refractivity contribution < 1.29 is 4.74 Å². The molecule has 1 aliphatic heterocycles. The fourth-order valence-corrected chi connectivity index (χ4v) is 3.72. The standard InChI is InChI=1S/C21H26N6O/c1-2-26-13-7-11-19(26)16-22-15-17-8-6-12-20(14-17)28-21-23-24-25-27(21)18-9-4-3-5-10-18/h3-6,8-10,12,14,19,22H,2,7,11,13,15-16H2,1H3. The number of likely N-dealkylation sites (tertiary alicyclic amines) is 1. The summed E-state index contributed by atoms with van der Waals surface area (Å²) in [6, 6.07) is 18.8. The normalized spacial score (nSPS) is 17.1. The van der Waals surface area contributed by atoms with Crippen LogP contribution in [0.1, 0.15) is 25.3 Å². The van der Waals surface area contributed by atoms with Crippen LogP contribution < -0.4 is 10.1 Å². The van der Waals surface area contributed by atoms with E-state index in [1.165, 1.54) is 24.9 Å². The monoisotopic (exact) mass is 378 g/mol. The predicted molar refractivity (Wildman–Crippen MR) is 108 cm³/mol. The summed E-state index contributed by atoms with van der Waals surface area (Å²) in [5, 5.41) is 15.4. The first-order valence-corrected chi connectivity index (χ1v) is 9.89. The quantitative estimate of drug-likeness (QED) is 0.650. The molecule has 1 N–H and O–H groups in total. The summed E-state index contributed by atoms with van der Waals surface area (Å²) < 4.78 is 7.54. The number of para-hydroxylation sites is 1. The Morgan fingerprint density at radius 3 is 2.89 bits per heavy atom. The first kappa shape index (κ1) is 18.6. The summed E-state index contributed by atoms with van der Waals surface area (Å²) in [7, 11) is 0. The van der Waals surface area contributed by atoms with Gasteiger partial charge >= 0.3 is 6.01 Å². The smallest absolute Gasteiger partial charge is 0.345 e. The summed E-state index contributed by atoms with van der Waals surface area (Å²) in [5.41, 5.74) is 2.04. The van der Waals surface area contributed by atoms with Gasteiger partial charge in [-0.15, -0.1) is 0 Å². The number of nitrogens with zero attached hydrogens (tertiary/aromatic N) is 5. The molecule has 0 amide bonds. The molecule has 1 atom stereocenters. The molecule has 7 nitrogen and oxygen atoms in total. The highest BCUT2D eigenvalue weighted by Crippen LogP contribution is 2.22. The van der Waals surface area contributed by atoms with Gasteiger partial charge in [0.25, 0.3) is 0 Å². The summed E-state index contributed by atoms with van der Waals surface area (Å²) in [6.45, 7) is 6.43. The van der Waals surface area contributed by atoms with E-state index >= 15 is 0 Å². The number of rotatable bonds is 8. The van der Waals surface area contributed by atoms with Crippen LogP contribution in [0.3, 0.4) is 0 Å². The van der Waals surface area contributed by atoms with Gasteiger partial charge in [-0.3, -0.25) is 4.90 Å². The molecule has 4 rings (SSSR count). The molecule has 7 heteroatoms. The molecule has 0 aliphatic carbocycles. The number of aromatic nitrogens is 4. The van der Waals surface area contributed by atoms with Crippen molar-refractivity contribution in [3.63, 3.8) is 0 Å². The van der Waals surface area contributed by atoms with Gasteiger partial charge in [-0.1, -0.05) is 42.4 Å². The van der Waals surface area contributed by atoms with Gasteiger partial charge in [0.1, 0.15) is 5.75 Å². The van der Waals surface area contributed by atoms with Crippen molar-refractivity contribution in [2.24, 2.45) is 0 Å². The Kier molecular flexibility index (Phi) is 5.94. The lowest BCUT2D eigenvalue weighted by molar-refractivity contribution is 0.260. The number of hydrogen-bond donors (Lipinski definition) is 1. The zero-order chi connectivity index (χ0) is 19.2. The molecule has 1 saturated heterocycles. The van der Waals surface area contributed by atoms with E-state index in [0.29, 0.717) is 12.1 Å². The molecule has 1 aliphatic rings. The lowest BCUT2D eigenvalue weighted by Gasteiger charge is -2.23. The van der Waals surface area contributed by atoms with Crippen LogP contribution in [0.2, 0.25) is 0 Å². The molecule has 2 aromatic carbocycles. The number of hydrogen-bond acceptors (Lipinski definition) is 6. The minimum Gasteiger partial charge on any atom is -0.423 e. The largest absolute Gasteiger partial charge is 0.423 e. The molecule has 1 fully saturated rings. The van der Waals surface area contributed by atoms with Gasteiger partial charge in [0.15, 0.2) is 0 Å². The highest BCUT2D eigenvalue weighted by molar-refractivity contribution is 5.34. The van der Waals surface area contributed by atoms with Crippen molar-refractivity contribution in [1.82, 2.24) is 30.4 Å². The molecule has 146 valence electrons. The predicted octanol–water partition coefficient (Wildman–Crippen LogP) is 3.03. The third-order valence-electron chi connectivity index (χ3n) is 5.16. The molecule has 1 unspecified atom stereocenters. The van der Waals surface area contributed by atoms with E-state index in [9.17, 15) is 0 Å². The number of ether oxygens (including phenoxy) is 1. The van der Waals surface area contributed by atoms with Crippen molar-refractivity contribution >= 4 is 0 Å². The van der Waals surface area contributed by atoms with E-state index in [2.05, 4.69) is 38.7 Å². The molecule has 0 radical (unpaired) electrons. The van der Waals surface area contributed by atoms with E-state index in [4.69, 9.17) is 4.74 Å². The Morgan fingerprint density at radius 2 is 2.04 bits per heavy atom. The van der Waals surface area contributed by atoms with Gasteiger partial charge in [-0.25, -0.2) is 0 Å². The summed E-state index contributed by atoms with van der Waals surface area (Å²) in [4.78, 5) is 2.55. The molecular formula is C21H26N6O. The Bertz CT molecular complexity index is 881. The van der Waals surface area contributed by atoms with E-state index in [0.717, 1.165) is 31.1 Å². The van der Waals surface area contributed by atoms with Crippen LogP contribution in [-0.2, 0) is 6.54 Å². The lowest BCUT2D eigenvalue weighted by atomic mass is 10.2. The molecule has 28 heavy (non-hydrogen) atoms. The van der Waals surface area contributed by atoms with Crippen molar-refractivity contribution in [1.29, 1.82) is 0 Å². The van der Waals surface area contributed by atoms with Crippen molar-refractivity contribution in [3.05, 3.63) is 60.2 Å². The SMILES string of the molecule is CCN1CCCC1CNCc1cccc(Oc2nnnn2-c2ccccc2)c1. The second-order valence-electron chi connectivity index (χ2n) is 7.01. The second-order valence-corrected chi connectivity index (χ2v) is 7.01. The van der Waals surface area contributed by atoms with Gasteiger partial charge in [0.2, 0.25) is 0 Å². The van der Waals surface area contributed by atoms with Crippen molar-refractivity contribution in [2.75, 3.05) is 19.6 Å². The average Bonchev–Trinajstić information content (AvgIpc) is 3.38. The van der Waals surface area contributed by atoms with E-state index < -0.39 is 0 Å². The lowest BCUT2D eigenvalue weighted by Crippen LogP contribution is -2.37. The average molecular weight is 378 g/mol. The maximum Gasteiger partial charge on any atom is 0.345 e. The molecule has 2 heterocycles. The van der Waals surface area contributed by atoms with Gasteiger partial charge in [-0.05, 0) is 66.2 Å². The van der Waals surface area contributed by atoms with Crippen LogP contribution in [0, 0.1) is 0 Å². The Balaban J connectivity index is 1.38. The maximum absolute atomic E-state index is 5.95. The Hall–Kier alpha value is -2.77. The van der Waals surface area contributed by atoms with E-state index in [1.54, 1.807) is 4.68 Å². The second kappa shape index (κ2) is 8.95.